The Morgan fingerprint density at radius 1 is 1.11 bits per heavy atom. The number of carbonyl (C=O) groups excluding carboxylic acids is 4. The zero-order chi connectivity index (χ0) is 39.0. The molecule has 1 aliphatic heterocycles. The summed E-state index contributed by atoms with van der Waals surface area (Å²) >= 11 is 0. The first-order chi connectivity index (χ1) is 25.6. The molecule has 0 bridgehead atoms. The normalized spacial score (nSPS) is 21.1. The van der Waals surface area contributed by atoms with Crippen molar-refractivity contribution in [2.24, 2.45) is 17.6 Å². The van der Waals surface area contributed by atoms with Crippen molar-refractivity contribution in [2.45, 2.75) is 114 Å². The van der Waals surface area contributed by atoms with Gasteiger partial charge in [0.25, 0.3) is 0 Å². The van der Waals surface area contributed by atoms with Crippen LogP contribution in [0.2, 0.25) is 0 Å². The fraction of sp³-hybridized carbons (Fsp3) is 0.525. The fourth-order valence-corrected chi connectivity index (χ4v) is 7.52. The maximum atomic E-state index is 13.2. The summed E-state index contributed by atoms with van der Waals surface area (Å²) in [4.78, 5) is 55.4. The van der Waals surface area contributed by atoms with Crippen molar-refractivity contribution >= 4 is 45.8 Å². The number of imidazole rings is 1. The molecule has 3 aliphatic rings. The van der Waals surface area contributed by atoms with Gasteiger partial charge in [-0.15, -0.1) is 0 Å². The lowest BCUT2D eigenvalue weighted by Crippen LogP contribution is -2.53. The van der Waals surface area contributed by atoms with Crippen LogP contribution in [0, 0.1) is 11.8 Å². The number of hydrogen-bond acceptors (Lipinski definition) is 8. The number of phenolic OH excluding ortho intramolecular Hbond substituents is 1. The Morgan fingerprint density at radius 3 is 2.54 bits per heavy atom. The van der Waals surface area contributed by atoms with Crippen molar-refractivity contribution in [3.05, 3.63) is 67.0 Å². The molecule has 2 saturated carbocycles. The summed E-state index contributed by atoms with van der Waals surface area (Å²) in [7, 11) is -1.29. The Labute approximate surface area is 319 Å². The molecular weight excluding hydrogens is 709 g/mol. The van der Waals surface area contributed by atoms with Crippen LogP contribution in [0.25, 0.3) is 16.7 Å². The van der Waals surface area contributed by atoms with Crippen LogP contribution in [0.3, 0.4) is 0 Å². The molecule has 6 rings (SSSR count). The average Bonchev–Trinajstić information content (AvgIpc) is 3.95. The lowest BCUT2D eigenvalue weighted by molar-refractivity contribution is -0.139. The first-order valence-corrected chi connectivity index (χ1v) is 20.0. The smallest absolute Gasteiger partial charge is 0.408 e. The number of rotatable bonds is 14. The number of nitrogens with one attached hydrogen (secondary N) is 2. The van der Waals surface area contributed by atoms with Crippen LogP contribution in [0.5, 0.6) is 5.75 Å². The van der Waals surface area contributed by atoms with Crippen LogP contribution in [0.15, 0.2) is 67.0 Å². The lowest BCUT2D eigenvalue weighted by atomic mass is 10.0. The van der Waals surface area contributed by atoms with E-state index in [0.717, 1.165) is 55.2 Å². The number of primary amides is 1. The lowest BCUT2D eigenvalue weighted by Gasteiger charge is -2.28. The molecule has 1 aromatic heterocycles. The summed E-state index contributed by atoms with van der Waals surface area (Å²) < 4.78 is 21.9. The van der Waals surface area contributed by atoms with E-state index in [9.17, 15) is 28.5 Å². The van der Waals surface area contributed by atoms with Gasteiger partial charge in [-0.2, -0.15) is 0 Å². The molecule has 2 aromatic carbocycles. The van der Waals surface area contributed by atoms with E-state index in [-0.39, 0.29) is 34.1 Å². The zero-order valence-corrected chi connectivity index (χ0v) is 32.5. The van der Waals surface area contributed by atoms with Gasteiger partial charge in [0.15, 0.2) is 0 Å². The Hall–Kier alpha value is -4.72. The molecule has 3 aromatic rings. The highest BCUT2D eigenvalue weighted by atomic mass is 32.2. The second kappa shape index (κ2) is 17.6. The molecule has 3 fully saturated rings. The third-order valence-corrected chi connectivity index (χ3v) is 11.6. The second-order valence-electron chi connectivity index (χ2n) is 15.7. The quantitative estimate of drug-likeness (QED) is 0.121. The largest absolute Gasteiger partial charge is 0.508 e. The van der Waals surface area contributed by atoms with Gasteiger partial charge in [0, 0.05) is 24.2 Å². The number of nitrogens with zero attached hydrogens (tertiary/aromatic N) is 3. The van der Waals surface area contributed by atoms with E-state index in [0.29, 0.717) is 32.2 Å². The number of nitrogens with two attached hydrogens (primary N) is 1. The van der Waals surface area contributed by atoms with Crippen LogP contribution in [0.1, 0.15) is 91.9 Å². The molecule has 1 saturated heterocycles. The molecule has 4 amide bonds. The predicted octanol–water partition coefficient (Wildman–Crippen LogP) is 5.56. The number of allylic oxidation sites excluding steroid dienone is 2. The Bertz CT molecular complexity index is 1850. The van der Waals surface area contributed by atoms with Crippen LogP contribution >= 0.6 is 0 Å². The van der Waals surface area contributed by atoms with Gasteiger partial charge in [-0.05, 0) is 109 Å². The SMILES string of the molecule is CC(C)(C)OC(=O)N[C@@H](CCCCC/C=C\C1CC1C(=O)NS(=O)C1(C)CC1)C(=O)N1CCCC1C(N)=O.Oc1ccc2ncn(-c3ccccc3)c2c1. The molecule has 5 atom stereocenters. The average molecular weight is 763 g/mol. The monoisotopic (exact) mass is 762 g/mol. The van der Waals surface area contributed by atoms with Gasteiger partial charge in [-0.3, -0.25) is 23.7 Å². The first kappa shape index (κ1) is 40.5. The highest BCUT2D eigenvalue weighted by Crippen LogP contribution is 2.43. The minimum atomic E-state index is -1.29. The molecule has 2 aliphatic carbocycles. The number of alkyl carbamates (subject to hydrolysis) is 1. The third-order valence-electron chi connectivity index (χ3n) is 9.94. The molecule has 5 N–H and O–H groups in total. The van der Waals surface area contributed by atoms with Crippen LogP contribution in [0.4, 0.5) is 4.79 Å². The summed E-state index contributed by atoms with van der Waals surface area (Å²) in [5.41, 5.74) is 7.61. The number of likely N-dealkylation sites (tertiary alicyclic amines) is 1. The van der Waals surface area contributed by atoms with E-state index >= 15 is 0 Å². The predicted molar refractivity (Wildman–Crippen MR) is 208 cm³/mol. The van der Waals surface area contributed by atoms with Gasteiger partial charge in [-0.25, -0.2) is 14.0 Å². The van der Waals surface area contributed by atoms with E-state index in [1.54, 1.807) is 39.2 Å². The first-order valence-electron chi connectivity index (χ1n) is 18.8. The number of hydrogen-bond donors (Lipinski definition) is 4. The third kappa shape index (κ3) is 11.2. The van der Waals surface area contributed by atoms with Crippen LogP contribution in [-0.4, -0.2) is 76.6 Å². The van der Waals surface area contributed by atoms with Crippen LogP contribution < -0.4 is 15.8 Å². The highest BCUT2D eigenvalue weighted by molar-refractivity contribution is 7.85. The Balaban J connectivity index is 0.000000287. The van der Waals surface area contributed by atoms with Crippen molar-refractivity contribution in [1.82, 2.24) is 24.5 Å². The van der Waals surface area contributed by atoms with Gasteiger partial charge < -0.3 is 25.8 Å². The topological polar surface area (TPSA) is 186 Å². The summed E-state index contributed by atoms with van der Waals surface area (Å²) in [5, 5.41) is 12.2. The summed E-state index contributed by atoms with van der Waals surface area (Å²) in [5.74, 6) is -0.567. The number of unbranched alkanes of at least 4 members (excludes halogenated alkanes) is 3. The zero-order valence-electron chi connectivity index (χ0n) is 31.7. The number of ether oxygens (including phenoxy) is 1. The number of para-hydroxylation sites is 1. The van der Waals surface area contributed by atoms with Crippen LogP contribution in [-0.2, 0) is 30.1 Å². The molecule has 0 radical (unpaired) electrons. The molecule has 54 heavy (non-hydrogen) atoms. The Morgan fingerprint density at radius 2 is 1.85 bits per heavy atom. The molecule has 14 heteroatoms. The second-order valence-corrected chi connectivity index (χ2v) is 17.4. The van der Waals surface area contributed by atoms with Gasteiger partial charge in [0.05, 0.1) is 15.8 Å². The molecule has 4 unspecified atom stereocenters. The summed E-state index contributed by atoms with van der Waals surface area (Å²) in [6.45, 7) is 7.65. The minimum absolute atomic E-state index is 0.0851. The van der Waals surface area contributed by atoms with E-state index in [4.69, 9.17) is 10.5 Å². The number of amides is 4. The number of aromatic hydroxyl groups is 1. The number of benzene rings is 2. The van der Waals surface area contributed by atoms with E-state index < -0.39 is 40.7 Å². The van der Waals surface area contributed by atoms with Gasteiger partial charge >= 0.3 is 6.09 Å². The van der Waals surface area contributed by atoms with Crippen molar-refractivity contribution in [3.8, 4) is 11.4 Å². The maximum Gasteiger partial charge on any atom is 0.408 e. The van der Waals surface area contributed by atoms with Gasteiger partial charge in [0.1, 0.15) is 40.7 Å². The molecular formula is C40H54N6O7S. The molecule has 0 spiro atoms. The number of carbonyl (C=O) groups is 4. The highest BCUT2D eigenvalue weighted by Gasteiger charge is 2.47. The van der Waals surface area contributed by atoms with E-state index in [2.05, 4.69) is 27.2 Å². The molecule has 13 nitrogen and oxygen atoms in total. The summed E-state index contributed by atoms with van der Waals surface area (Å²) in [6.07, 6.45) is 12.8. The van der Waals surface area contributed by atoms with Crippen molar-refractivity contribution in [2.75, 3.05) is 6.54 Å². The number of fused-ring (bicyclic) bond motifs is 1. The van der Waals surface area contributed by atoms with Crippen molar-refractivity contribution in [3.63, 3.8) is 0 Å². The van der Waals surface area contributed by atoms with E-state index in [1.807, 2.05) is 47.9 Å². The standard InChI is InChI=1S/C27H44N4O6S.C13H10N2O/c1-26(2,3)37-25(35)29-20(24(34)31-16-10-13-21(31)22(28)32)12-9-7-5-6-8-11-18-17-19(18)23(33)30-38(36)27(4)14-15-27;16-11-6-7-12-13(8-11)15(9-14-12)10-4-2-1-3-5-10/h8,11,18-21H,5-7,9-10,12-17H2,1-4H3,(H2,28,32)(H,29,35)(H,30,33);1-9,16H/b11-8-;/t18?,19?,20-,21?,38?;/m0./s1. The molecule has 292 valence electrons. The fourth-order valence-electron chi connectivity index (χ4n) is 6.46. The van der Waals surface area contributed by atoms with E-state index in [1.165, 1.54) is 4.90 Å². The summed E-state index contributed by atoms with van der Waals surface area (Å²) in [6, 6.07) is 13.7. The van der Waals surface area contributed by atoms with Crippen molar-refractivity contribution in [1.29, 1.82) is 0 Å². The Kier molecular flexibility index (Phi) is 13.2. The number of aromatic nitrogens is 2. The van der Waals surface area contributed by atoms with Gasteiger partial charge in [0.2, 0.25) is 17.7 Å². The van der Waals surface area contributed by atoms with Gasteiger partial charge in [-0.1, -0.05) is 43.2 Å². The number of phenols is 1. The minimum Gasteiger partial charge on any atom is -0.508 e. The van der Waals surface area contributed by atoms with Crippen molar-refractivity contribution < 1.29 is 33.2 Å². The molecule has 2 heterocycles. The maximum absolute atomic E-state index is 13.2.